The highest BCUT2D eigenvalue weighted by molar-refractivity contribution is 6.09. The number of aliphatic carboxylic acids is 4. The average molecular weight is 632 g/mol. The van der Waals surface area contributed by atoms with Gasteiger partial charge in [-0.25, -0.2) is 4.79 Å². The minimum atomic E-state index is -2.23. The van der Waals surface area contributed by atoms with E-state index in [9.17, 15) is 29.1 Å². The van der Waals surface area contributed by atoms with Gasteiger partial charge >= 0.3 is 23.9 Å². The van der Waals surface area contributed by atoms with Crippen molar-refractivity contribution in [3.05, 3.63) is 29.8 Å². The van der Waals surface area contributed by atoms with E-state index in [0.717, 1.165) is 5.56 Å². The monoisotopic (exact) mass is 631 g/mol. The Balaban J connectivity index is 0. The Hall–Kier alpha value is -4.40. The summed E-state index contributed by atoms with van der Waals surface area (Å²) in [5.41, 5.74) is 30.6. The predicted octanol–water partition coefficient (Wildman–Crippen LogP) is -3.57. The number of hydrogen-bond donors (Lipinski definition) is 14. The maximum absolute atomic E-state index is 12.4. The van der Waals surface area contributed by atoms with E-state index in [-0.39, 0.29) is 38.0 Å². The second kappa shape index (κ2) is 22.2. The quantitative estimate of drug-likeness (QED) is 0.0245. The second-order valence-electron chi connectivity index (χ2n) is 9.37. The van der Waals surface area contributed by atoms with Crippen LogP contribution in [0.5, 0.6) is 5.75 Å². The van der Waals surface area contributed by atoms with Gasteiger partial charge in [0, 0.05) is 0 Å². The Labute approximate surface area is 253 Å². The number of carboxylic acid groups (broad SMARTS) is 4. The number of guanidine groups is 1. The lowest BCUT2D eigenvalue weighted by atomic mass is 9.84. The summed E-state index contributed by atoms with van der Waals surface area (Å²) in [6.07, 6.45) is 0.486. The molecule has 4 atom stereocenters. The van der Waals surface area contributed by atoms with Gasteiger partial charge in [-0.1, -0.05) is 18.6 Å². The summed E-state index contributed by atoms with van der Waals surface area (Å²) in [4.78, 5) is 54.3. The van der Waals surface area contributed by atoms with Gasteiger partial charge in [0.2, 0.25) is 0 Å². The lowest BCUT2D eigenvalue weighted by molar-refractivity contribution is -0.149. The number of ketones is 1. The molecular formula is C25H45N9O10. The topological polar surface area (TPSA) is 391 Å². The Bertz CT molecular complexity index is 1070. The first-order chi connectivity index (χ1) is 20.4. The normalized spacial score (nSPS) is 13.7. The number of benzene rings is 1. The molecular weight excluding hydrogens is 586 g/mol. The Morgan fingerprint density at radius 3 is 1.84 bits per heavy atom. The summed E-state index contributed by atoms with van der Waals surface area (Å²) in [6, 6.07) is 4.38. The van der Waals surface area contributed by atoms with Gasteiger partial charge in [0.25, 0.3) is 0 Å². The highest BCUT2D eigenvalue weighted by Gasteiger charge is 2.44. The number of carboxylic acids is 4. The van der Waals surface area contributed by atoms with Gasteiger partial charge in [-0.05, 0) is 56.3 Å². The molecule has 0 amide bonds. The zero-order valence-corrected chi connectivity index (χ0v) is 24.1. The molecule has 1 unspecified atom stereocenters. The van der Waals surface area contributed by atoms with Crippen LogP contribution in [0, 0.1) is 5.41 Å². The summed E-state index contributed by atoms with van der Waals surface area (Å²) in [7, 11) is 0. The average Bonchev–Trinajstić information content (AvgIpc) is 2.95. The Morgan fingerprint density at radius 1 is 0.886 bits per heavy atom. The fourth-order valence-electron chi connectivity index (χ4n) is 3.27. The van der Waals surface area contributed by atoms with Gasteiger partial charge in [0.1, 0.15) is 11.8 Å². The highest BCUT2D eigenvalue weighted by atomic mass is 16.4. The van der Waals surface area contributed by atoms with Crippen molar-refractivity contribution >= 4 is 35.6 Å². The third-order valence-corrected chi connectivity index (χ3v) is 5.67. The molecule has 0 aliphatic heterocycles. The number of nitrogens with one attached hydrogen (secondary N) is 3. The van der Waals surface area contributed by atoms with E-state index in [4.69, 9.17) is 54.5 Å². The predicted molar refractivity (Wildman–Crippen MR) is 158 cm³/mol. The molecule has 1 aromatic carbocycles. The van der Waals surface area contributed by atoms with E-state index in [1.165, 1.54) is 12.1 Å². The second-order valence-corrected chi connectivity index (χ2v) is 9.37. The molecule has 0 bridgehead atoms. The third-order valence-electron chi connectivity index (χ3n) is 5.67. The molecule has 0 aliphatic carbocycles. The molecule has 19 heteroatoms. The molecule has 1 aromatic rings. The van der Waals surface area contributed by atoms with Crippen LogP contribution in [-0.2, 0) is 30.4 Å². The lowest BCUT2D eigenvalue weighted by Crippen LogP contribution is -2.61. The van der Waals surface area contributed by atoms with Crippen molar-refractivity contribution in [1.82, 2.24) is 10.6 Å². The first-order valence-electron chi connectivity index (χ1n) is 13.2. The summed E-state index contributed by atoms with van der Waals surface area (Å²) in [6.45, 7) is -0.302. The molecule has 250 valence electrons. The molecule has 19 nitrogen and oxygen atoms in total. The number of aromatic hydroxyl groups is 1. The third kappa shape index (κ3) is 18.9. The van der Waals surface area contributed by atoms with Crippen LogP contribution >= 0.6 is 0 Å². The lowest BCUT2D eigenvalue weighted by Gasteiger charge is -2.28. The minimum Gasteiger partial charge on any atom is -0.508 e. The van der Waals surface area contributed by atoms with Crippen molar-refractivity contribution in [2.24, 2.45) is 34.4 Å². The van der Waals surface area contributed by atoms with Crippen molar-refractivity contribution in [2.75, 3.05) is 19.6 Å². The molecule has 0 spiro atoms. The smallest absolute Gasteiger partial charge is 0.331 e. The van der Waals surface area contributed by atoms with Gasteiger partial charge in [0.05, 0.1) is 25.3 Å². The molecule has 20 N–H and O–H groups in total. The van der Waals surface area contributed by atoms with E-state index >= 15 is 0 Å². The first-order valence-corrected chi connectivity index (χ1v) is 13.2. The fraction of sp³-hybridized carbons (Fsp3) is 0.520. The number of rotatable bonds is 18. The van der Waals surface area contributed by atoms with Crippen molar-refractivity contribution in [3.8, 4) is 5.75 Å². The number of phenolic OH excluding ortho intramolecular Hbond substituents is 1. The number of phenols is 1. The van der Waals surface area contributed by atoms with Crippen LogP contribution in [0.1, 0.15) is 37.7 Å². The van der Waals surface area contributed by atoms with Gasteiger partial charge in [0.15, 0.2) is 17.3 Å². The molecule has 1 rings (SSSR count). The van der Waals surface area contributed by atoms with Crippen molar-refractivity contribution in [2.45, 2.75) is 62.3 Å². The van der Waals surface area contributed by atoms with Crippen LogP contribution in [-0.4, -0.2) is 105 Å². The number of Topliss-reactive ketones (excluding diaryl/α,β-unsaturated/α-hetero) is 1. The van der Waals surface area contributed by atoms with Crippen LogP contribution in [0.2, 0.25) is 0 Å². The maximum atomic E-state index is 12.4. The SMILES string of the molecule is N=C(N)NC(CC[C@](N)(C(=O)O)C(=O)[C@@H](N)CCCCN)NCC(=O)O.NCC(=O)O.N[C@@H](Cc1ccc(O)cc1)C(=O)O. The minimum absolute atomic E-state index is 0.0725. The number of unbranched alkanes of at least 4 members (excludes halogenated alkanes) is 1. The van der Waals surface area contributed by atoms with E-state index in [1.54, 1.807) is 12.1 Å². The van der Waals surface area contributed by atoms with Crippen molar-refractivity contribution in [1.29, 1.82) is 5.41 Å². The van der Waals surface area contributed by atoms with Crippen LogP contribution in [0.25, 0.3) is 0 Å². The molecule has 0 radical (unpaired) electrons. The molecule has 0 saturated heterocycles. The van der Waals surface area contributed by atoms with Gasteiger partial charge in [-0.2, -0.15) is 0 Å². The number of carbonyl (C=O) groups is 5. The van der Waals surface area contributed by atoms with Gasteiger partial charge in [-0.15, -0.1) is 0 Å². The largest absolute Gasteiger partial charge is 0.508 e. The van der Waals surface area contributed by atoms with E-state index in [2.05, 4.69) is 16.4 Å². The van der Waals surface area contributed by atoms with Crippen LogP contribution in [0.3, 0.4) is 0 Å². The molecule has 0 aromatic heterocycles. The van der Waals surface area contributed by atoms with Crippen LogP contribution in [0.15, 0.2) is 24.3 Å². The van der Waals surface area contributed by atoms with E-state index in [1.807, 2.05) is 0 Å². The van der Waals surface area contributed by atoms with Gasteiger partial charge in [-0.3, -0.25) is 29.9 Å². The number of hydrogen-bond acceptors (Lipinski definition) is 13. The first kappa shape index (κ1) is 41.7. The molecule has 0 aliphatic rings. The zero-order chi connectivity index (χ0) is 34.5. The molecule has 0 heterocycles. The van der Waals surface area contributed by atoms with Crippen molar-refractivity contribution < 1.29 is 49.5 Å². The molecule has 0 saturated carbocycles. The van der Waals surface area contributed by atoms with Crippen LogP contribution < -0.4 is 45.0 Å². The van der Waals surface area contributed by atoms with E-state index < -0.39 is 66.0 Å². The Kier molecular flexibility index (Phi) is 21.0. The molecule has 44 heavy (non-hydrogen) atoms. The van der Waals surface area contributed by atoms with Gasteiger partial charge < -0.3 is 65.3 Å². The molecule has 0 fully saturated rings. The number of carbonyl (C=O) groups excluding carboxylic acids is 1. The fourth-order valence-corrected chi connectivity index (χ4v) is 3.27. The van der Waals surface area contributed by atoms with E-state index in [0.29, 0.717) is 19.4 Å². The Morgan fingerprint density at radius 2 is 1.43 bits per heavy atom. The highest BCUT2D eigenvalue weighted by Crippen LogP contribution is 2.17. The summed E-state index contributed by atoms with van der Waals surface area (Å²) < 4.78 is 0. The summed E-state index contributed by atoms with van der Waals surface area (Å²) >= 11 is 0. The maximum Gasteiger partial charge on any atom is 0.331 e. The van der Waals surface area contributed by atoms with Crippen molar-refractivity contribution in [3.63, 3.8) is 0 Å². The zero-order valence-electron chi connectivity index (χ0n) is 24.1. The summed E-state index contributed by atoms with van der Waals surface area (Å²) in [5, 5.41) is 55.4. The van der Waals surface area contributed by atoms with Crippen LogP contribution in [0.4, 0.5) is 0 Å². The number of nitrogens with two attached hydrogens (primary N) is 6. The standard InChI is InChI=1S/C14H29N7O5.C9H11NO3.C2H5NO2/c15-6-2-1-3-8(16)11(24)14(19,12(25)26)5-4-9(21-13(17)18)20-7-10(22)23;10-8(9(12)13)5-6-1-3-7(11)4-2-6;3-1-2(4)5/h8-9,20H,1-7,15-16,19H2,(H,22,23)(H,25,26)(H4,17,18,21);1-4,8,11H,5,10H2,(H,12,13);1,3H2,(H,4,5)/t8-,9?,14+;8-;/m00./s1. The summed E-state index contributed by atoms with van der Waals surface area (Å²) in [5.74, 6) is -5.78.